The fraction of sp³-hybridized carbons (Fsp3) is 0.846. The van der Waals surface area contributed by atoms with Gasteiger partial charge in [-0.1, -0.05) is 40.0 Å². The number of hydrogen-bond acceptors (Lipinski definition) is 3. The van der Waals surface area contributed by atoms with E-state index in [0.717, 1.165) is 19.3 Å². The first-order valence-electron chi connectivity index (χ1n) is 6.35. The third kappa shape index (κ3) is 8.72. The van der Waals surface area contributed by atoms with E-state index < -0.39 is 17.9 Å². The van der Waals surface area contributed by atoms with Crippen molar-refractivity contribution in [3.63, 3.8) is 0 Å². The Hall–Kier alpha value is -1.06. The molecule has 0 aromatic heterocycles. The number of unbranched alkanes of at least 4 members (excludes halogenated alkanes) is 2. The smallest absolute Gasteiger partial charge is 0.307 e. The lowest BCUT2D eigenvalue weighted by atomic mass is 9.98. The van der Waals surface area contributed by atoms with E-state index in [2.05, 4.69) is 6.92 Å². The Bertz CT molecular complexity index is 236. The molecule has 0 saturated carbocycles. The molecule has 0 aliphatic rings. The molecule has 0 radical (unpaired) electrons. The summed E-state index contributed by atoms with van der Waals surface area (Å²) in [6, 6.07) is 0. The van der Waals surface area contributed by atoms with Crippen molar-refractivity contribution in [1.82, 2.24) is 0 Å². The van der Waals surface area contributed by atoms with Crippen LogP contribution in [0.25, 0.3) is 0 Å². The number of rotatable bonds is 9. The van der Waals surface area contributed by atoms with Gasteiger partial charge in [-0.2, -0.15) is 0 Å². The number of carbonyl (C=O) groups excluding carboxylic acids is 1. The number of carboxylic acids is 1. The first-order valence-corrected chi connectivity index (χ1v) is 6.35. The van der Waals surface area contributed by atoms with E-state index in [9.17, 15) is 9.59 Å². The van der Waals surface area contributed by atoms with Crippen molar-refractivity contribution in [2.75, 3.05) is 6.61 Å². The molecule has 0 aromatic rings. The minimum absolute atomic E-state index is 0.00817. The Morgan fingerprint density at radius 2 is 1.88 bits per heavy atom. The van der Waals surface area contributed by atoms with E-state index in [1.54, 1.807) is 0 Å². The van der Waals surface area contributed by atoms with Crippen LogP contribution in [0.3, 0.4) is 0 Å². The molecule has 100 valence electrons. The van der Waals surface area contributed by atoms with Crippen LogP contribution in [-0.2, 0) is 14.3 Å². The number of ether oxygens (including phenoxy) is 1. The number of carbonyl (C=O) groups is 2. The van der Waals surface area contributed by atoms with Gasteiger partial charge in [0.2, 0.25) is 0 Å². The molecule has 4 heteroatoms. The second-order valence-electron chi connectivity index (χ2n) is 4.81. The standard InChI is InChI=1S/C13H24O4/c1-4-5-6-7-11(13(15)16)8-12(14)17-9-10(2)3/h10-11H,4-9H2,1-3H3,(H,15,16). The summed E-state index contributed by atoms with van der Waals surface area (Å²) in [5.41, 5.74) is 0. The molecular formula is C13H24O4. The van der Waals surface area contributed by atoms with Crippen LogP contribution >= 0.6 is 0 Å². The summed E-state index contributed by atoms with van der Waals surface area (Å²) >= 11 is 0. The quantitative estimate of drug-likeness (QED) is 0.500. The van der Waals surface area contributed by atoms with Crippen molar-refractivity contribution in [1.29, 1.82) is 0 Å². The van der Waals surface area contributed by atoms with E-state index in [-0.39, 0.29) is 12.3 Å². The van der Waals surface area contributed by atoms with Gasteiger partial charge in [-0.15, -0.1) is 0 Å². The SMILES string of the molecule is CCCCCC(CC(=O)OCC(C)C)C(=O)O. The Morgan fingerprint density at radius 1 is 1.24 bits per heavy atom. The molecule has 0 aliphatic heterocycles. The summed E-state index contributed by atoms with van der Waals surface area (Å²) in [4.78, 5) is 22.4. The summed E-state index contributed by atoms with van der Waals surface area (Å²) < 4.78 is 4.99. The highest BCUT2D eigenvalue weighted by molar-refractivity contribution is 5.78. The number of hydrogen-bond donors (Lipinski definition) is 1. The molecule has 1 atom stereocenters. The summed E-state index contributed by atoms with van der Waals surface area (Å²) in [5, 5.41) is 8.99. The summed E-state index contributed by atoms with van der Waals surface area (Å²) in [6.07, 6.45) is 3.45. The molecule has 17 heavy (non-hydrogen) atoms. The zero-order valence-corrected chi connectivity index (χ0v) is 11.1. The molecule has 1 N–H and O–H groups in total. The topological polar surface area (TPSA) is 63.6 Å². The van der Waals surface area contributed by atoms with Gasteiger partial charge in [0, 0.05) is 0 Å². The van der Waals surface area contributed by atoms with Gasteiger partial charge in [0.05, 0.1) is 18.9 Å². The lowest BCUT2D eigenvalue weighted by molar-refractivity contribution is -0.152. The summed E-state index contributed by atoms with van der Waals surface area (Å²) in [5.74, 6) is -1.62. The molecule has 0 aromatic carbocycles. The minimum atomic E-state index is -0.900. The molecule has 0 fully saturated rings. The maximum absolute atomic E-state index is 11.4. The van der Waals surface area contributed by atoms with Crippen molar-refractivity contribution in [2.45, 2.75) is 52.9 Å². The van der Waals surface area contributed by atoms with Crippen molar-refractivity contribution in [2.24, 2.45) is 11.8 Å². The molecule has 0 spiro atoms. The van der Waals surface area contributed by atoms with E-state index in [4.69, 9.17) is 9.84 Å². The third-order valence-electron chi connectivity index (χ3n) is 2.50. The van der Waals surface area contributed by atoms with E-state index in [0.29, 0.717) is 13.0 Å². The van der Waals surface area contributed by atoms with Crippen LogP contribution in [0.5, 0.6) is 0 Å². The lowest BCUT2D eigenvalue weighted by Crippen LogP contribution is -2.20. The van der Waals surface area contributed by atoms with Crippen LogP contribution in [0.4, 0.5) is 0 Å². The predicted molar refractivity (Wildman–Crippen MR) is 65.7 cm³/mol. The minimum Gasteiger partial charge on any atom is -0.481 e. The molecule has 0 amide bonds. The fourth-order valence-corrected chi connectivity index (χ4v) is 1.47. The maximum atomic E-state index is 11.4. The van der Waals surface area contributed by atoms with Gasteiger partial charge in [0.1, 0.15) is 0 Å². The molecule has 1 unspecified atom stereocenters. The van der Waals surface area contributed by atoms with Crippen LogP contribution in [0.15, 0.2) is 0 Å². The zero-order chi connectivity index (χ0) is 13.3. The highest BCUT2D eigenvalue weighted by atomic mass is 16.5. The first kappa shape index (κ1) is 15.9. The van der Waals surface area contributed by atoms with Gasteiger partial charge in [-0.25, -0.2) is 0 Å². The van der Waals surface area contributed by atoms with Crippen LogP contribution in [-0.4, -0.2) is 23.7 Å². The molecule has 0 rings (SSSR count). The predicted octanol–water partition coefficient (Wildman–Crippen LogP) is 2.86. The van der Waals surface area contributed by atoms with Gasteiger partial charge in [0.25, 0.3) is 0 Å². The van der Waals surface area contributed by atoms with Gasteiger partial charge < -0.3 is 9.84 Å². The van der Waals surface area contributed by atoms with Crippen molar-refractivity contribution in [3.8, 4) is 0 Å². The third-order valence-corrected chi connectivity index (χ3v) is 2.50. The van der Waals surface area contributed by atoms with E-state index >= 15 is 0 Å². The monoisotopic (exact) mass is 244 g/mol. The van der Waals surface area contributed by atoms with Crippen LogP contribution in [0.1, 0.15) is 52.9 Å². The van der Waals surface area contributed by atoms with Crippen LogP contribution in [0, 0.1) is 11.8 Å². The lowest BCUT2D eigenvalue weighted by Gasteiger charge is -2.12. The average molecular weight is 244 g/mol. The van der Waals surface area contributed by atoms with Gasteiger partial charge in [-0.3, -0.25) is 9.59 Å². The molecule has 0 bridgehead atoms. The average Bonchev–Trinajstić information content (AvgIpc) is 2.25. The zero-order valence-electron chi connectivity index (χ0n) is 11.1. The molecule has 0 heterocycles. The Morgan fingerprint density at radius 3 is 2.35 bits per heavy atom. The van der Waals surface area contributed by atoms with Crippen LogP contribution in [0.2, 0.25) is 0 Å². The maximum Gasteiger partial charge on any atom is 0.307 e. The van der Waals surface area contributed by atoms with Gasteiger partial charge >= 0.3 is 11.9 Å². The van der Waals surface area contributed by atoms with Crippen LogP contribution < -0.4 is 0 Å². The summed E-state index contributed by atoms with van der Waals surface area (Å²) in [6.45, 7) is 6.32. The highest BCUT2D eigenvalue weighted by Gasteiger charge is 2.21. The van der Waals surface area contributed by atoms with E-state index in [1.165, 1.54) is 0 Å². The molecule has 0 aliphatic carbocycles. The largest absolute Gasteiger partial charge is 0.481 e. The number of esters is 1. The van der Waals surface area contributed by atoms with Crippen molar-refractivity contribution in [3.05, 3.63) is 0 Å². The first-order chi connectivity index (χ1) is 7.97. The normalized spacial score (nSPS) is 12.5. The summed E-state index contributed by atoms with van der Waals surface area (Å²) in [7, 11) is 0. The molecule has 0 saturated heterocycles. The molecule has 4 nitrogen and oxygen atoms in total. The second kappa shape index (κ2) is 9.02. The number of aliphatic carboxylic acids is 1. The van der Waals surface area contributed by atoms with Gasteiger partial charge in [-0.05, 0) is 12.3 Å². The Balaban J connectivity index is 3.98. The highest BCUT2D eigenvalue weighted by Crippen LogP contribution is 2.15. The Kier molecular flexibility index (Phi) is 8.46. The Labute approximate surface area is 103 Å². The van der Waals surface area contributed by atoms with Crippen molar-refractivity contribution < 1.29 is 19.4 Å². The number of carboxylic acid groups (broad SMARTS) is 1. The second-order valence-corrected chi connectivity index (χ2v) is 4.81. The van der Waals surface area contributed by atoms with E-state index in [1.807, 2.05) is 13.8 Å². The fourth-order valence-electron chi connectivity index (χ4n) is 1.47. The molecular weight excluding hydrogens is 220 g/mol. The van der Waals surface area contributed by atoms with Crippen molar-refractivity contribution >= 4 is 11.9 Å². The van der Waals surface area contributed by atoms with Gasteiger partial charge in [0.15, 0.2) is 0 Å².